The molecule has 1 saturated heterocycles. The van der Waals surface area contributed by atoms with E-state index in [1.54, 1.807) is 0 Å². The van der Waals surface area contributed by atoms with Crippen molar-refractivity contribution < 1.29 is 22.8 Å². The van der Waals surface area contributed by atoms with E-state index in [2.05, 4.69) is 5.32 Å². The SMILES string of the molecule is O=C(CN1CCc2ccccc2C1C(=O)N1CCCC1)NCc1ccc(C(F)(F)F)cc1. The standard InChI is InChI=1S/C24H26F3N3O2/c25-24(26,27)19-9-7-17(8-10-19)15-28-21(31)16-30-14-11-18-5-1-2-6-20(18)22(30)23(32)29-12-3-4-13-29/h1-2,5-10,22H,3-4,11-16H2,(H,28,31). The molecule has 5 nitrogen and oxygen atoms in total. The molecule has 0 aliphatic carbocycles. The van der Waals surface area contributed by atoms with Gasteiger partial charge in [-0.3, -0.25) is 14.5 Å². The highest BCUT2D eigenvalue weighted by Crippen LogP contribution is 2.32. The lowest BCUT2D eigenvalue weighted by molar-refractivity contribution is -0.138. The summed E-state index contributed by atoms with van der Waals surface area (Å²) in [5.41, 5.74) is 1.94. The molecule has 1 unspecified atom stereocenters. The number of fused-ring (bicyclic) bond motifs is 1. The van der Waals surface area contributed by atoms with Gasteiger partial charge in [0.1, 0.15) is 6.04 Å². The number of likely N-dealkylation sites (tertiary alicyclic amines) is 1. The van der Waals surface area contributed by atoms with E-state index in [4.69, 9.17) is 0 Å². The van der Waals surface area contributed by atoms with Gasteiger partial charge in [-0.15, -0.1) is 0 Å². The van der Waals surface area contributed by atoms with Crippen molar-refractivity contribution in [2.75, 3.05) is 26.2 Å². The molecule has 2 aromatic carbocycles. The molecule has 1 fully saturated rings. The van der Waals surface area contributed by atoms with Crippen LogP contribution in [0, 0.1) is 0 Å². The minimum atomic E-state index is -4.39. The van der Waals surface area contributed by atoms with Gasteiger partial charge in [-0.2, -0.15) is 13.2 Å². The first kappa shape index (κ1) is 22.3. The smallest absolute Gasteiger partial charge is 0.351 e. The fourth-order valence-electron chi connectivity index (χ4n) is 4.44. The molecule has 1 N–H and O–H groups in total. The zero-order valence-corrected chi connectivity index (χ0v) is 17.7. The van der Waals surface area contributed by atoms with Crippen molar-refractivity contribution in [3.63, 3.8) is 0 Å². The van der Waals surface area contributed by atoms with Crippen LogP contribution in [0.3, 0.4) is 0 Å². The molecule has 0 aromatic heterocycles. The molecule has 0 bridgehead atoms. The number of nitrogens with zero attached hydrogens (tertiary/aromatic N) is 2. The Morgan fingerprint density at radius 3 is 2.34 bits per heavy atom. The first-order chi connectivity index (χ1) is 15.3. The summed E-state index contributed by atoms with van der Waals surface area (Å²) in [6, 6.07) is 12.1. The highest BCUT2D eigenvalue weighted by Gasteiger charge is 2.37. The number of hydrogen-bond donors (Lipinski definition) is 1. The van der Waals surface area contributed by atoms with E-state index in [9.17, 15) is 22.8 Å². The predicted molar refractivity (Wildman–Crippen MR) is 114 cm³/mol. The summed E-state index contributed by atoms with van der Waals surface area (Å²) in [5.74, 6) is -0.228. The lowest BCUT2D eigenvalue weighted by Gasteiger charge is -2.37. The van der Waals surface area contributed by atoms with Crippen LogP contribution in [0.1, 0.15) is 41.1 Å². The van der Waals surface area contributed by atoms with Crippen molar-refractivity contribution in [2.24, 2.45) is 0 Å². The molecule has 2 aromatic rings. The molecule has 8 heteroatoms. The van der Waals surface area contributed by atoms with Gasteiger partial charge in [-0.1, -0.05) is 36.4 Å². The summed E-state index contributed by atoms with van der Waals surface area (Å²) in [6.45, 7) is 2.26. The summed E-state index contributed by atoms with van der Waals surface area (Å²) >= 11 is 0. The van der Waals surface area contributed by atoms with Crippen LogP contribution < -0.4 is 5.32 Å². The number of rotatable bonds is 5. The summed E-state index contributed by atoms with van der Waals surface area (Å²) in [4.78, 5) is 29.7. The first-order valence-electron chi connectivity index (χ1n) is 10.9. The van der Waals surface area contributed by atoms with Crippen molar-refractivity contribution in [3.8, 4) is 0 Å². The maximum absolute atomic E-state index is 13.3. The Bertz CT molecular complexity index is 969. The Labute approximate surface area is 185 Å². The van der Waals surface area contributed by atoms with Gasteiger partial charge in [0.15, 0.2) is 0 Å². The van der Waals surface area contributed by atoms with Crippen LogP contribution in [-0.4, -0.2) is 47.8 Å². The normalized spacial score (nSPS) is 19.0. The second kappa shape index (κ2) is 9.32. The highest BCUT2D eigenvalue weighted by molar-refractivity contribution is 5.86. The van der Waals surface area contributed by atoms with Crippen LogP contribution >= 0.6 is 0 Å². The van der Waals surface area contributed by atoms with E-state index >= 15 is 0 Å². The quantitative estimate of drug-likeness (QED) is 0.766. The van der Waals surface area contributed by atoms with Gasteiger partial charge in [0.05, 0.1) is 12.1 Å². The van der Waals surface area contributed by atoms with Gasteiger partial charge in [-0.25, -0.2) is 0 Å². The lowest BCUT2D eigenvalue weighted by Crippen LogP contribution is -2.48. The minimum Gasteiger partial charge on any atom is -0.351 e. The Kier molecular flexibility index (Phi) is 6.50. The Morgan fingerprint density at radius 1 is 0.969 bits per heavy atom. The van der Waals surface area contributed by atoms with Crippen LogP contribution in [0.2, 0.25) is 0 Å². The van der Waals surface area contributed by atoms with Crippen LogP contribution in [0.4, 0.5) is 13.2 Å². The lowest BCUT2D eigenvalue weighted by atomic mass is 9.91. The number of benzene rings is 2. The second-order valence-electron chi connectivity index (χ2n) is 8.33. The van der Waals surface area contributed by atoms with Gasteiger partial charge in [0.2, 0.25) is 11.8 Å². The fourth-order valence-corrected chi connectivity index (χ4v) is 4.44. The molecule has 2 amide bonds. The predicted octanol–water partition coefficient (Wildman–Crippen LogP) is 3.54. The van der Waals surface area contributed by atoms with E-state index in [1.165, 1.54) is 12.1 Å². The molecule has 170 valence electrons. The van der Waals surface area contributed by atoms with Gasteiger partial charge in [0.25, 0.3) is 0 Å². The number of carbonyl (C=O) groups is 2. The maximum atomic E-state index is 13.3. The van der Waals surface area contributed by atoms with Gasteiger partial charge >= 0.3 is 6.18 Å². The van der Waals surface area contributed by atoms with Crippen molar-refractivity contribution in [1.82, 2.24) is 15.1 Å². The van der Waals surface area contributed by atoms with Crippen LogP contribution in [0.5, 0.6) is 0 Å². The molecule has 1 atom stereocenters. The molecule has 32 heavy (non-hydrogen) atoms. The van der Waals surface area contributed by atoms with Crippen molar-refractivity contribution in [3.05, 3.63) is 70.8 Å². The number of alkyl halides is 3. The zero-order valence-electron chi connectivity index (χ0n) is 17.7. The van der Waals surface area contributed by atoms with E-state index < -0.39 is 17.8 Å². The second-order valence-corrected chi connectivity index (χ2v) is 8.33. The van der Waals surface area contributed by atoms with Crippen molar-refractivity contribution in [2.45, 2.75) is 38.0 Å². The number of nitrogens with one attached hydrogen (secondary N) is 1. The highest BCUT2D eigenvalue weighted by atomic mass is 19.4. The molecular formula is C24H26F3N3O2. The van der Waals surface area contributed by atoms with E-state index in [0.717, 1.165) is 55.6 Å². The number of amides is 2. The molecule has 0 radical (unpaired) electrons. The third kappa shape index (κ3) is 4.96. The fraction of sp³-hybridized carbons (Fsp3) is 0.417. The molecule has 2 aliphatic rings. The number of carbonyl (C=O) groups excluding carboxylic acids is 2. The number of hydrogen-bond acceptors (Lipinski definition) is 3. The Balaban J connectivity index is 1.42. The van der Waals surface area contributed by atoms with Gasteiger partial charge in [-0.05, 0) is 48.1 Å². The van der Waals surface area contributed by atoms with E-state index in [1.807, 2.05) is 34.1 Å². The third-order valence-electron chi connectivity index (χ3n) is 6.15. The maximum Gasteiger partial charge on any atom is 0.416 e. The molecule has 0 saturated carbocycles. The summed E-state index contributed by atoms with van der Waals surface area (Å²) < 4.78 is 38.1. The van der Waals surface area contributed by atoms with Gasteiger partial charge < -0.3 is 10.2 Å². The molecule has 4 rings (SSSR count). The Hall–Kier alpha value is -2.87. The molecule has 2 heterocycles. The average molecular weight is 445 g/mol. The minimum absolute atomic E-state index is 0.0326. The van der Waals surface area contributed by atoms with Crippen molar-refractivity contribution >= 4 is 11.8 Å². The van der Waals surface area contributed by atoms with E-state index in [0.29, 0.717) is 12.1 Å². The molecule has 0 spiro atoms. The van der Waals surface area contributed by atoms with E-state index in [-0.39, 0.29) is 24.9 Å². The largest absolute Gasteiger partial charge is 0.416 e. The summed E-state index contributed by atoms with van der Waals surface area (Å²) in [7, 11) is 0. The topological polar surface area (TPSA) is 52.7 Å². The number of halogens is 3. The van der Waals surface area contributed by atoms with Crippen molar-refractivity contribution in [1.29, 1.82) is 0 Å². The Morgan fingerprint density at radius 2 is 1.66 bits per heavy atom. The monoisotopic (exact) mass is 445 g/mol. The van der Waals surface area contributed by atoms with Crippen LogP contribution in [0.15, 0.2) is 48.5 Å². The summed E-state index contributed by atoms with van der Waals surface area (Å²) in [5, 5.41) is 2.77. The first-order valence-corrected chi connectivity index (χ1v) is 10.9. The van der Waals surface area contributed by atoms with Crippen LogP contribution in [0.25, 0.3) is 0 Å². The third-order valence-corrected chi connectivity index (χ3v) is 6.15. The average Bonchev–Trinajstić information content (AvgIpc) is 3.32. The summed E-state index contributed by atoms with van der Waals surface area (Å²) in [6.07, 6.45) is -1.64. The van der Waals surface area contributed by atoms with Gasteiger partial charge in [0, 0.05) is 26.2 Å². The molecular weight excluding hydrogens is 419 g/mol. The zero-order chi connectivity index (χ0) is 22.7. The van der Waals surface area contributed by atoms with Crippen LogP contribution in [-0.2, 0) is 28.7 Å². The molecule has 2 aliphatic heterocycles.